The maximum Gasteiger partial charge on any atom is 0.0760 e. The average molecular weight is 277 g/mol. The van der Waals surface area contributed by atoms with Crippen LogP contribution in [0, 0.1) is 0 Å². The van der Waals surface area contributed by atoms with Crippen LogP contribution >= 0.6 is 0 Å². The van der Waals surface area contributed by atoms with Crippen LogP contribution in [0.1, 0.15) is 26.3 Å². The quantitative estimate of drug-likeness (QED) is 0.720. The molecule has 0 N–H and O–H groups in total. The minimum Gasteiger partial charge on any atom is -0.356 e. The van der Waals surface area contributed by atoms with Gasteiger partial charge in [0.25, 0.3) is 0 Å². The van der Waals surface area contributed by atoms with Crippen LogP contribution in [0.4, 0.5) is 0 Å². The van der Waals surface area contributed by atoms with Gasteiger partial charge in [0.1, 0.15) is 0 Å². The van der Waals surface area contributed by atoms with Crippen LogP contribution in [0.2, 0.25) is 0 Å². The highest BCUT2D eigenvalue weighted by molar-refractivity contribution is 5.59. The summed E-state index contributed by atoms with van der Waals surface area (Å²) in [5.41, 5.74) is 3.00. The number of pyridine rings is 1. The largest absolute Gasteiger partial charge is 0.356 e. The van der Waals surface area contributed by atoms with Crippen LogP contribution in [-0.2, 0) is 5.41 Å². The maximum absolute atomic E-state index is 4.49. The molecule has 0 aliphatic heterocycles. The number of aromatic nitrogens is 4. The number of hydrogen-bond donors (Lipinski definition) is 0. The Hall–Kier alpha value is -2.49. The zero-order valence-corrected chi connectivity index (χ0v) is 12.4. The van der Waals surface area contributed by atoms with Crippen molar-refractivity contribution in [3.8, 4) is 22.9 Å². The van der Waals surface area contributed by atoms with Gasteiger partial charge in [-0.15, -0.1) is 0 Å². The second-order valence-corrected chi connectivity index (χ2v) is 6.00. The van der Waals surface area contributed by atoms with E-state index in [1.807, 2.05) is 42.5 Å². The maximum atomic E-state index is 4.49. The number of hydrogen-bond acceptors (Lipinski definition) is 3. The summed E-state index contributed by atoms with van der Waals surface area (Å²) in [4.78, 5) is 8.85. The topological polar surface area (TPSA) is 52.8 Å². The van der Waals surface area contributed by atoms with Crippen molar-refractivity contribution in [3.63, 3.8) is 0 Å². The molecule has 0 saturated carbocycles. The van der Waals surface area contributed by atoms with Crippen molar-refractivity contribution in [1.29, 1.82) is 0 Å². The van der Waals surface area contributed by atoms with Gasteiger partial charge < -0.3 is 15.2 Å². The van der Waals surface area contributed by atoms with Gasteiger partial charge >= 0.3 is 0 Å². The summed E-state index contributed by atoms with van der Waals surface area (Å²) >= 11 is 0. The van der Waals surface area contributed by atoms with E-state index in [-0.39, 0.29) is 5.41 Å². The summed E-state index contributed by atoms with van der Waals surface area (Å²) in [6.07, 6.45) is 1.80. The van der Waals surface area contributed by atoms with Crippen molar-refractivity contribution in [3.05, 3.63) is 54.2 Å². The fraction of sp³-hybridized carbons (Fsp3) is 0.235. The Morgan fingerprint density at radius 1 is 0.905 bits per heavy atom. The molecule has 3 rings (SSSR count). The van der Waals surface area contributed by atoms with Crippen molar-refractivity contribution in [2.45, 2.75) is 26.2 Å². The van der Waals surface area contributed by atoms with Crippen LogP contribution in [0.3, 0.4) is 0 Å². The minimum absolute atomic E-state index is 0.0694. The molecule has 0 amide bonds. The van der Waals surface area contributed by atoms with E-state index >= 15 is 0 Å². The average Bonchev–Trinajstić information content (AvgIpc) is 2.97. The van der Waals surface area contributed by atoms with Gasteiger partial charge in [-0.1, -0.05) is 51.1 Å². The van der Waals surface area contributed by atoms with E-state index in [2.05, 4.69) is 40.9 Å². The fourth-order valence-corrected chi connectivity index (χ4v) is 2.08. The lowest BCUT2D eigenvalue weighted by atomic mass is 9.87. The van der Waals surface area contributed by atoms with Gasteiger partial charge in [-0.2, -0.15) is 0 Å². The first kappa shape index (κ1) is 13.5. The predicted octanol–water partition coefficient (Wildman–Crippen LogP) is 3.46. The molecule has 3 aromatic rings. The zero-order valence-electron chi connectivity index (χ0n) is 12.4. The lowest BCUT2D eigenvalue weighted by Crippen LogP contribution is -2.11. The molecule has 2 aromatic heterocycles. The van der Waals surface area contributed by atoms with E-state index < -0.39 is 0 Å². The molecule has 0 fully saturated rings. The molecular weight excluding hydrogens is 260 g/mol. The molecule has 21 heavy (non-hydrogen) atoms. The second-order valence-electron chi connectivity index (χ2n) is 6.00. The first-order valence-corrected chi connectivity index (χ1v) is 6.94. The Morgan fingerprint density at radius 3 is 2.33 bits per heavy atom. The van der Waals surface area contributed by atoms with E-state index in [1.54, 1.807) is 6.20 Å². The van der Waals surface area contributed by atoms with Crippen LogP contribution in [0.15, 0.2) is 48.7 Å². The van der Waals surface area contributed by atoms with Crippen LogP contribution in [0.25, 0.3) is 22.9 Å². The minimum atomic E-state index is 0.0694. The standard InChI is InChI=1S/C17H17N4/c1-17(2,3)13-9-10-18-14(11-13)16-19-15(20-21-16)12-7-5-4-6-8-12/h4-11H,1-3H3/q-1. The molecule has 0 aliphatic carbocycles. The first-order chi connectivity index (χ1) is 10.0. The molecule has 106 valence electrons. The van der Waals surface area contributed by atoms with Crippen molar-refractivity contribution in [2.75, 3.05) is 0 Å². The molecule has 0 radical (unpaired) electrons. The van der Waals surface area contributed by atoms with Gasteiger partial charge in [-0.3, -0.25) is 4.98 Å². The Bertz CT molecular complexity index is 739. The van der Waals surface area contributed by atoms with E-state index in [1.165, 1.54) is 5.56 Å². The molecule has 2 heterocycles. The van der Waals surface area contributed by atoms with Gasteiger partial charge in [-0.05, 0) is 28.7 Å². The fourth-order valence-electron chi connectivity index (χ4n) is 2.08. The SMILES string of the molecule is CC(C)(C)c1ccnc(-c2nnc(-c3ccccc3)[n-]2)c1. The molecule has 1 aromatic carbocycles. The van der Waals surface area contributed by atoms with Crippen molar-refractivity contribution < 1.29 is 0 Å². The lowest BCUT2D eigenvalue weighted by Gasteiger charge is -2.19. The van der Waals surface area contributed by atoms with Gasteiger partial charge in [0.2, 0.25) is 0 Å². The highest BCUT2D eigenvalue weighted by Gasteiger charge is 2.14. The van der Waals surface area contributed by atoms with Gasteiger partial charge in [-0.25, -0.2) is 0 Å². The molecular formula is C17H17N4-. The van der Waals surface area contributed by atoms with E-state index in [9.17, 15) is 0 Å². The Kier molecular flexibility index (Phi) is 3.29. The molecule has 0 atom stereocenters. The lowest BCUT2D eigenvalue weighted by molar-refractivity contribution is 0.589. The van der Waals surface area contributed by atoms with E-state index in [0.29, 0.717) is 11.6 Å². The summed E-state index contributed by atoms with van der Waals surface area (Å²) in [6.45, 7) is 6.52. The van der Waals surface area contributed by atoms with E-state index in [4.69, 9.17) is 0 Å². The number of rotatable bonds is 2. The molecule has 0 saturated heterocycles. The van der Waals surface area contributed by atoms with Gasteiger partial charge in [0.05, 0.1) is 5.69 Å². The summed E-state index contributed by atoms with van der Waals surface area (Å²) < 4.78 is 0. The molecule has 0 unspecified atom stereocenters. The van der Waals surface area contributed by atoms with Crippen LogP contribution in [0.5, 0.6) is 0 Å². The molecule has 0 bridgehead atoms. The molecule has 0 aliphatic rings. The summed E-state index contributed by atoms with van der Waals surface area (Å²) in [5, 5.41) is 8.32. The first-order valence-electron chi connectivity index (χ1n) is 6.94. The molecule has 4 nitrogen and oxygen atoms in total. The Labute approximate surface area is 124 Å². The Morgan fingerprint density at radius 2 is 1.62 bits per heavy atom. The summed E-state index contributed by atoms with van der Waals surface area (Å²) in [7, 11) is 0. The monoisotopic (exact) mass is 277 g/mol. The van der Waals surface area contributed by atoms with Gasteiger partial charge in [0.15, 0.2) is 0 Å². The summed E-state index contributed by atoms with van der Waals surface area (Å²) in [6, 6.07) is 13.9. The number of benzene rings is 1. The third-order valence-corrected chi connectivity index (χ3v) is 3.34. The zero-order chi connectivity index (χ0) is 14.9. The van der Waals surface area contributed by atoms with Crippen LogP contribution < -0.4 is 4.98 Å². The molecule has 4 heteroatoms. The van der Waals surface area contributed by atoms with Crippen LogP contribution in [-0.4, -0.2) is 15.2 Å². The smallest absolute Gasteiger partial charge is 0.0760 e. The van der Waals surface area contributed by atoms with Crippen molar-refractivity contribution >= 4 is 0 Å². The predicted molar refractivity (Wildman–Crippen MR) is 82.7 cm³/mol. The van der Waals surface area contributed by atoms with Crippen molar-refractivity contribution in [2.24, 2.45) is 0 Å². The van der Waals surface area contributed by atoms with E-state index in [0.717, 1.165) is 11.3 Å². The van der Waals surface area contributed by atoms with Gasteiger partial charge in [0, 0.05) is 17.8 Å². The normalized spacial score (nSPS) is 11.6. The molecule has 0 spiro atoms. The third kappa shape index (κ3) is 2.84. The number of nitrogens with zero attached hydrogens (tertiary/aromatic N) is 4. The Balaban J connectivity index is 1.97. The summed E-state index contributed by atoms with van der Waals surface area (Å²) in [5.74, 6) is 1.20. The highest BCUT2D eigenvalue weighted by atomic mass is 15.2. The highest BCUT2D eigenvalue weighted by Crippen LogP contribution is 2.25. The van der Waals surface area contributed by atoms with Crippen molar-refractivity contribution in [1.82, 2.24) is 20.2 Å². The second kappa shape index (κ2) is 5.13. The third-order valence-electron chi connectivity index (χ3n) is 3.34.